The number of rotatable bonds is 3. The van der Waals surface area contributed by atoms with Crippen LogP contribution in [0.25, 0.3) is 11.3 Å². The zero-order chi connectivity index (χ0) is 19.0. The van der Waals surface area contributed by atoms with E-state index in [1.807, 2.05) is 48.5 Å². The average Bonchev–Trinajstić information content (AvgIpc) is 3.24. The summed E-state index contributed by atoms with van der Waals surface area (Å²) in [4.78, 5) is 17.2. The molecule has 1 aromatic heterocycles. The summed E-state index contributed by atoms with van der Waals surface area (Å²) in [7, 11) is 0. The van der Waals surface area contributed by atoms with E-state index in [1.165, 1.54) is 5.56 Å². The lowest BCUT2D eigenvalue weighted by Gasteiger charge is -2.19. The lowest BCUT2D eigenvalue weighted by Crippen LogP contribution is -2.14. The highest BCUT2D eigenvalue weighted by molar-refractivity contribution is 7.99. The molecule has 0 spiro atoms. The SMILES string of the molecule is CC(C)(C)c1ccc(C(=O)Nc2ccc(-c3cn4c(n3)SCC4)cc2)cc1. The fourth-order valence-electron chi connectivity index (χ4n) is 3.10. The van der Waals surface area contributed by atoms with E-state index < -0.39 is 0 Å². The van der Waals surface area contributed by atoms with Crippen molar-refractivity contribution in [3.05, 3.63) is 65.9 Å². The number of thioether (sulfide) groups is 1. The molecule has 1 N–H and O–H groups in total. The first-order chi connectivity index (χ1) is 12.9. The molecule has 0 radical (unpaired) electrons. The molecule has 2 heterocycles. The van der Waals surface area contributed by atoms with Gasteiger partial charge in [-0.2, -0.15) is 0 Å². The van der Waals surface area contributed by atoms with Crippen molar-refractivity contribution in [1.82, 2.24) is 9.55 Å². The Morgan fingerprint density at radius 2 is 1.78 bits per heavy atom. The van der Waals surface area contributed by atoms with Crippen LogP contribution in [0.15, 0.2) is 59.9 Å². The lowest BCUT2D eigenvalue weighted by atomic mass is 9.87. The highest BCUT2D eigenvalue weighted by atomic mass is 32.2. The van der Waals surface area contributed by atoms with Crippen LogP contribution < -0.4 is 5.32 Å². The van der Waals surface area contributed by atoms with E-state index in [9.17, 15) is 4.79 Å². The predicted molar refractivity (Wildman–Crippen MR) is 111 cm³/mol. The van der Waals surface area contributed by atoms with E-state index in [0.29, 0.717) is 5.56 Å². The monoisotopic (exact) mass is 377 g/mol. The van der Waals surface area contributed by atoms with Gasteiger partial charge in [0.25, 0.3) is 5.91 Å². The molecule has 1 amide bonds. The van der Waals surface area contributed by atoms with Crippen molar-refractivity contribution in [3.8, 4) is 11.3 Å². The van der Waals surface area contributed by atoms with Gasteiger partial charge in [-0.15, -0.1) is 0 Å². The molecule has 2 aromatic carbocycles. The Bertz CT molecular complexity index is 945. The molecule has 0 bridgehead atoms. The first-order valence-corrected chi connectivity index (χ1v) is 10.1. The summed E-state index contributed by atoms with van der Waals surface area (Å²) in [5.41, 5.74) is 4.78. The minimum atomic E-state index is -0.0967. The third-order valence-corrected chi connectivity index (χ3v) is 5.73. The maximum Gasteiger partial charge on any atom is 0.255 e. The Morgan fingerprint density at radius 3 is 2.41 bits per heavy atom. The molecule has 3 aromatic rings. The van der Waals surface area contributed by atoms with Crippen molar-refractivity contribution in [2.75, 3.05) is 11.1 Å². The first-order valence-electron chi connectivity index (χ1n) is 9.12. The maximum atomic E-state index is 12.5. The maximum absolute atomic E-state index is 12.5. The molecule has 1 aliphatic heterocycles. The molecular weight excluding hydrogens is 354 g/mol. The van der Waals surface area contributed by atoms with E-state index in [0.717, 1.165) is 34.4 Å². The number of anilines is 1. The number of imidazole rings is 1. The van der Waals surface area contributed by atoms with Crippen molar-refractivity contribution >= 4 is 23.4 Å². The van der Waals surface area contributed by atoms with Gasteiger partial charge in [0.2, 0.25) is 0 Å². The van der Waals surface area contributed by atoms with Gasteiger partial charge in [-0.05, 0) is 35.2 Å². The van der Waals surface area contributed by atoms with Crippen molar-refractivity contribution < 1.29 is 4.79 Å². The quantitative estimate of drug-likeness (QED) is 0.682. The van der Waals surface area contributed by atoms with Crippen LogP contribution in [-0.4, -0.2) is 21.2 Å². The minimum absolute atomic E-state index is 0.0800. The summed E-state index contributed by atoms with van der Waals surface area (Å²) >= 11 is 1.79. The Kier molecular flexibility index (Phi) is 4.56. The number of carbonyl (C=O) groups excluding carboxylic acids is 1. The predicted octanol–water partition coefficient (Wildman–Crippen LogP) is 5.21. The number of fused-ring (bicyclic) bond motifs is 1. The molecular formula is C22H23N3OS. The molecule has 27 heavy (non-hydrogen) atoms. The number of hydrogen-bond donors (Lipinski definition) is 1. The molecule has 4 nitrogen and oxygen atoms in total. The van der Waals surface area contributed by atoms with Crippen LogP contribution in [0.4, 0.5) is 5.69 Å². The van der Waals surface area contributed by atoms with Gasteiger partial charge in [-0.3, -0.25) is 4.79 Å². The summed E-state index contributed by atoms with van der Waals surface area (Å²) in [5, 5.41) is 4.05. The van der Waals surface area contributed by atoms with E-state index in [-0.39, 0.29) is 11.3 Å². The second kappa shape index (κ2) is 6.89. The second-order valence-corrected chi connectivity index (χ2v) is 8.87. The summed E-state index contributed by atoms with van der Waals surface area (Å²) in [6.45, 7) is 7.51. The zero-order valence-electron chi connectivity index (χ0n) is 15.8. The fourth-order valence-corrected chi connectivity index (χ4v) is 4.04. The second-order valence-electron chi connectivity index (χ2n) is 7.81. The number of aromatic nitrogens is 2. The summed E-state index contributed by atoms with van der Waals surface area (Å²) < 4.78 is 2.19. The Balaban J connectivity index is 1.45. The molecule has 0 aliphatic carbocycles. The largest absolute Gasteiger partial charge is 0.325 e. The summed E-state index contributed by atoms with van der Waals surface area (Å²) in [5.74, 6) is 1.00. The van der Waals surface area contributed by atoms with Gasteiger partial charge >= 0.3 is 0 Å². The number of nitrogens with one attached hydrogen (secondary N) is 1. The highest BCUT2D eigenvalue weighted by Crippen LogP contribution is 2.29. The van der Waals surface area contributed by atoms with E-state index in [4.69, 9.17) is 0 Å². The van der Waals surface area contributed by atoms with Crippen LogP contribution in [0.3, 0.4) is 0 Å². The van der Waals surface area contributed by atoms with Crippen molar-refractivity contribution in [2.24, 2.45) is 0 Å². The van der Waals surface area contributed by atoms with Crippen LogP contribution in [-0.2, 0) is 12.0 Å². The Hall–Kier alpha value is -2.53. The Labute approximate surface area is 164 Å². The van der Waals surface area contributed by atoms with E-state index >= 15 is 0 Å². The average molecular weight is 378 g/mol. The lowest BCUT2D eigenvalue weighted by molar-refractivity contribution is 0.102. The minimum Gasteiger partial charge on any atom is -0.325 e. The van der Waals surface area contributed by atoms with Crippen LogP contribution >= 0.6 is 11.8 Å². The number of benzene rings is 2. The molecule has 4 rings (SSSR count). The van der Waals surface area contributed by atoms with Crippen molar-refractivity contribution in [3.63, 3.8) is 0 Å². The van der Waals surface area contributed by atoms with Crippen LogP contribution in [0.1, 0.15) is 36.7 Å². The summed E-state index contributed by atoms with van der Waals surface area (Å²) in [6, 6.07) is 15.7. The van der Waals surface area contributed by atoms with E-state index in [1.54, 1.807) is 11.8 Å². The number of aryl methyl sites for hydroxylation is 1. The smallest absolute Gasteiger partial charge is 0.255 e. The number of carbonyl (C=O) groups is 1. The number of nitrogens with zero attached hydrogens (tertiary/aromatic N) is 2. The molecule has 0 unspecified atom stereocenters. The van der Waals surface area contributed by atoms with Gasteiger partial charge in [-0.25, -0.2) is 4.98 Å². The zero-order valence-corrected chi connectivity index (χ0v) is 16.6. The van der Waals surface area contributed by atoms with Gasteiger partial charge in [0.15, 0.2) is 5.16 Å². The molecule has 0 saturated heterocycles. The molecule has 5 heteroatoms. The van der Waals surface area contributed by atoms with Gasteiger partial charge in [0, 0.05) is 35.3 Å². The van der Waals surface area contributed by atoms with Gasteiger partial charge < -0.3 is 9.88 Å². The fraction of sp³-hybridized carbons (Fsp3) is 0.273. The molecule has 138 valence electrons. The topological polar surface area (TPSA) is 46.9 Å². The van der Waals surface area contributed by atoms with Gasteiger partial charge in [-0.1, -0.05) is 56.8 Å². The highest BCUT2D eigenvalue weighted by Gasteiger charge is 2.16. The van der Waals surface area contributed by atoms with Crippen LogP contribution in [0.5, 0.6) is 0 Å². The molecule has 0 fully saturated rings. The standard InChI is InChI=1S/C22H23N3OS/c1-22(2,3)17-8-4-16(5-9-17)20(26)23-18-10-6-15(7-11-18)19-14-25-12-13-27-21(25)24-19/h4-11,14H,12-13H2,1-3H3,(H,23,26). The van der Waals surface area contributed by atoms with Gasteiger partial charge in [0.1, 0.15) is 0 Å². The third kappa shape index (κ3) is 3.78. The number of amides is 1. The normalized spacial score (nSPS) is 13.4. The number of hydrogen-bond acceptors (Lipinski definition) is 3. The van der Waals surface area contributed by atoms with Crippen molar-refractivity contribution in [1.29, 1.82) is 0 Å². The molecule has 0 atom stereocenters. The Morgan fingerprint density at radius 1 is 1.07 bits per heavy atom. The van der Waals surface area contributed by atoms with Crippen molar-refractivity contribution in [2.45, 2.75) is 37.9 Å². The third-order valence-electron chi connectivity index (χ3n) is 4.75. The van der Waals surface area contributed by atoms with Crippen LogP contribution in [0.2, 0.25) is 0 Å². The van der Waals surface area contributed by atoms with Gasteiger partial charge in [0.05, 0.1) is 5.69 Å². The van der Waals surface area contributed by atoms with Crippen LogP contribution in [0, 0.1) is 0 Å². The molecule has 0 saturated carbocycles. The molecule has 1 aliphatic rings. The van der Waals surface area contributed by atoms with E-state index in [2.05, 4.69) is 41.8 Å². The summed E-state index contributed by atoms with van der Waals surface area (Å²) in [6.07, 6.45) is 2.10. The first kappa shape index (κ1) is 17.9.